The van der Waals surface area contributed by atoms with E-state index < -0.39 is 0 Å². The summed E-state index contributed by atoms with van der Waals surface area (Å²) >= 11 is 0. The number of carbonyl (C=O) groups excluding carboxylic acids is 1. The SMILES string of the molecule is O=C(c1cc(N2CCCCC2)ccn1)N1CCN(c2ccccc2F)CC1. The molecular formula is C21H25FN4O. The number of pyridine rings is 1. The fourth-order valence-electron chi connectivity index (χ4n) is 3.91. The molecule has 2 saturated heterocycles. The van der Waals surface area contributed by atoms with Crippen LogP contribution >= 0.6 is 0 Å². The van der Waals surface area contributed by atoms with E-state index in [4.69, 9.17) is 0 Å². The quantitative estimate of drug-likeness (QED) is 0.834. The zero-order chi connectivity index (χ0) is 18.6. The van der Waals surface area contributed by atoms with Gasteiger partial charge in [-0.25, -0.2) is 4.39 Å². The molecule has 27 heavy (non-hydrogen) atoms. The zero-order valence-electron chi connectivity index (χ0n) is 15.5. The van der Waals surface area contributed by atoms with Gasteiger partial charge in [0.05, 0.1) is 5.69 Å². The van der Waals surface area contributed by atoms with Gasteiger partial charge in [0.25, 0.3) is 5.91 Å². The minimum atomic E-state index is -0.215. The van der Waals surface area contributed by atoms with Gasteiger partial charge in [-0.2, -0.15) is 0 Å². The lowest BCUT2D eigenvalue weighted by Crippen LogP contribution is -2.49. The first kappa shape index (κ1) is 17.8. The van der Waals surface area contributed by atoms with Crippen LogP contribution in [0, 0.1) is 5.82 Å². The Bertz CT molecular complexity index is 798. The normalized spacial score (nSPS) is 17.9. The molecule has 3 heterocycles. The van der Waals surface area contributed by atoms with E-state index in [1.54, 1.807) is 18.3 Å². The van der Waals surface area contributed by atoms with Crippen LogP contribution in [-0.4, -0.2) is 55.1 Å². The Morgan fingerprint density at radius 2 is 1.63 bits per heavy atom. The molecule has 2 aliphatic heterocycles. The van der Waals surface area contributed by atoms with Crippen molar-refractivity contribution < 1.29 is 9.18 Å². The fraction of sp³-hybridized carbons (Fsp3) is 0.429. The standard InChI is InChI=1S/C21H25FN4O/c22-18-6-2-3-7-20(18)25-12-14-26(15-13-25)21(27)19-16-17(8-9-23-19)24-10-4-1-5-11-24/h2-3,6-9,16H,1,4-5,10-15H2. The van der Waals surface area contributed by atoms with Crippen molar-refractivity contribution in [3.05, 3.63) is 54.1 Å². The molecule has 0 saturated carbocycles. The molecule has 0 aliphatic carbocycles. The van der Waals surface area contributed by atoms with Gasteiger partial charge >= 0.3 is 0 Å². The molecule has 4 rings (SSSR count). The predicted molar refractivity (Wildman–Crippen MR) is 105 cm³/mol. The fourth-order valence-corrected chi connectivity index (χ4v) is 3.91. The number of hydrogen-bond acceptors (Lipinski definition) is 4. The molecule has 0 N–H and O–H groups in total. The van der Waals surface area contributed by atoms with E-state index in [2.05, 4.69) is 9.88 Å². The van der Waals surface area contributed by atoms with Gasteiger partial charge in [0, 0.05) is 51.2 Å². The molecular weight excluding hydrogens is 343 g/mol. The topological polar surface area (TPSA) is 39.7 Å². The van der Waals surface area contributed by atoms with E-state index in [1.165, 1.54) is 25.3 Å². The number of para-hydroxylation sites is 1. The molecule has 2 fully saturated rings. The molecule has 1 aromatic heterocycles. The summed E-state index contributed by atoms with van der Waals surface area (Å²) in [5.74, 6) is -0.254. The zero-order valence-corrected chi connectivity index (χ0v) is 15.5. The first-order valence-corrected chi connectivity index (χ1v) is 9.72. The average molecular weight is 368 g/mol. The van der Waals surface area contributed by atoms with Gasteiger partial charge in [0.1, 0.15) is 11.5 Å². The van der Waals surface area contributed by atoms with Crippen LogP contribution in [0.3, 0.4) is 0 Å². The van der Waals surface area contributed by atoms with Crippen LogP contribution < -0.4 is 9.80 Å². The van der Waals surface area contributed by atoms with Crippen molar-refractivity contribution in [1.29, 1.82) is 0 Å². The number of amides is 1. The van der Waals surface area contributed by atoms with Crippen LogP contribution in [0.5, 0.6) is 0 Å². The lowest BCUT2D eigenvalue weighted by molar-refractivity contribution is 0.0741. The van der Waals surface area contributed by atoms with E-state index in [0.29, 0.717) is 37.6 Å². The first-order valence-electron chi connectivity index (χ1n) is 9.72. The van der Waals surface area contributed by atoms with Crippen molar-refractivity contribution in [2.75, 3.05) is 49.1 Å². The Morgan fingerprint density at radius 1 is 0.889 bits per heavy atom. The number of piperazine rings is 1. The van der Waals surface area contributed by atoms with Gasteiger partial charge < -0.3 is 14.7 Å². The van der Waals surface area contributed by atoms with Gasteiger partial charge in [-0.3, -0.25) is 9.78 Å². The van der Waals surface area contributed by atoms with Crippen molar-refractivity contribution in [1.82, 2.24) is 9.88 Å². The first-order chi connectivity index (χ1) is 13.2. The number of hydrogen-bond donors (Lipinski definition) is 0. The maximum Gasteiger partial charge on any atom is 0.272 e. The smallest absolute Gasteiger partial charge is 0.272 e. The summed E-state index contributed by atoms with van der Waals surface area (Å²) in [5, 5.41) is 0. The third-order valence-corrected chi connectivity index (χ3v) is 5.44. The highest BCUT2D eigenvalue weighted by atomic mass is 19.1. The maximum absolute atomic E-state index is 14.0. The van der Waals surface area contributed by atoms with Gasteiger partial charge in [0.2, 0.25) is 0 Å². The van der Waals surface area contributed by atoms with Gasteiger partial charge in [-0.05, 0) is 43.5 Å². The van der Waals surface area contributed by atoms with Crippen LogP contribution in [0.15, 0.2) is 42.6 Å². The Kier molecular flexibility index (Phi) is 5.23. The lowest BCUT2D eigenvalue weighted by atomic mass is 10.1. The number of halogens is 1. The molecule has 2 aliphatic rings. The van der Waals surface area contributed by atoms with Gasteiger partial charge in [0.15, 0.2) is 0 Å². The molecule has 142 valence electrons. The van der Waals surface area contributed by atoms with Crippen LogP contribution in [-0.2, 0) is 0 Å². The Labute approximate surface area is 159 Å². The third-order valence-electron chi connectivity index (χ3n) is 5.44. The molecule has 1 aromatic carbocycles. The number of piperidine rings is 1. The van der Waals surface area contributed by atoms with Crippen LogP contribution in [0.1, 0.15) is 29.8 Å². The monoisotopic (exact) mass is 368 g/mol. The van der Waals surface area contributed by atoms with Crippen LogP contribution in [0.4, 0.5) is 15.8 Å². The number of nitrogens with zero attached hydrogens (tertiary/aromatic N) is 4. The number of carbonyl (C=O) groups is 1. The Hall–Kier alpha value is -2.63. The molecule has 2 aromatic rings. The highest BCUT2D eigenvalue weighted by Gasteiger charge is 2.25. The largest absolute Gasteiger partial charge is 0.371 e. The Morgan fingerprint density at radius 3 is 2.37 bits per heavy atom. The summed E-state index contributed by atoms with van der Waals surface area (Å²) in [7, 11) is 0. The third kappa shape index (κ3) is 3.89. The van der Waals surface area contributed by atoms with E-state index in [1.807, 2.05) is 28.0 Å². The van der Waals surface area contributed by atoms with Crippen molar-refractivity contribution >= 4 is 17.3 Å². The summed E-state index contributed by atoms with van der Waals surface area (Å²) in [6.45, 7) is 4.47. The summed E-state index contributed by atoms with van der Waals surface area (Å²) < 4.78 is 14.0. The highest BCUT2D eigenvalue weighted by Crippen LogP contribution is 2.22. The maximum atomic E-state index is 14.0. The minimum absolute atomic E-state index is 0.0398. The summed E-state index contributed by atoms with van der Waals surface area (Å²) in [6.07, 6.45) is 5.40. The Balaban J connectivity index is 1.41. The second-order valence-electron chi connectivity index (χ2n) is 7.18. The molecule has 5 nitrogen and oxygen atoms in total. The van der Waals surface area contributed by atoms with Gasteiger partial charge in [-0.15, -0.1) is 0 Å². The molecule has 6 heteroatoms. The molecule has 0 bridgehead atoms. The lowest BCUT2D eigenvalue weighted by Gasteiger charge is -2.36. The minimum Gasteiger partial charge on any atom is -0.371 e. The molecule has 0 radical (unpaired) electrons. The van der Waals surface area contributed by atoms with Crippen molar-refractivity contribution in [3.63, 3.8) is 0 Å². The number of aromatic nitrogens is 1. The summed E-state index contributed by atoms with van der Waals surface area (Å²) in [6, 6.07) is 10.7. The number of rotatable bonds is 3. The molecule has 0 spiro atoms. The predicted octanol–water partition coefficient (Wildman–Crippen LogP) is 3.17. The summed E-state index contributed by atoms with van der Waals surface area (Å²) in [4.78, 5) is 23.4. The van der Waals surface area contributed by atoms with Crippen molar-refractivity contribution in [2.24, 2.45) is 0 Å². The van der Waals surface area contributed by atoms with E-state index in [-0.39, 0.29) is 11.7 Å². The van der Waals surface area contributed by atoms with Crippen LogP contribution in [0.2, 0.25) is 0 Å². The number of benzene rings is 1. The average Bonchev–Trinajstić information content (AvgIpc) is 2.74. The molecule has 0 unspecified atom stereocenters. The van der Waals surface area contributed by atoms with E-state index in [9.17, 15) is 9.18 Å². The molecule has 0 atom stereocenters. The van der Waals surface area contributed by atoms with E-state index >= 15 is 0 Å². The second-order valence-corrected chi connectivity index (χ2v) is 7.18. The van der Waals surface area contributed by atoms with Crippen LogP contribution in [0.25, 0.3) is 0 Å². The van der Waals surface area contributed by atoms with Gasteiger partial charge in [-0.1, -0.05) is 12.1 Å². The second kappa shape index (κ2) is 7.94. The summed E-state index contributed by atoms with van der Waals surface area (Å²) in [5.41, 5.74) is 2.19. The molecule has 1 amide bonds. The van der Waals surface area contributed by atoms with E-state index in [0.717, 1.165) is 18.8 Å². The van der Waals surface area contributed by atoms with Crippen molar-refractivity contribution in [3.8, 4) is 0 Å². The van der Waals surface area contributed by atoms with Crippen molar-refractivity contribution in [2.45, 2.75) is 19.3 Å². The number of anilines is 2. The highest BCUT2D eigenvalue weighted by molar-refractivity contribution is 5.93.